The first-order valence-corrected chi connectivity index (χ1v) is 8.61. The zero-order valence-corrected chi connectivity index (χ0v) is 14.5. The van der Waals surface area contributed by atoms with Crippen molar-refractivity contribution in [2.24, 2.45) is 5.92 Å². The Hall–Kier alpha value is -2.53. The highest BCUT2D eigenvalue weighted by atomic mass is 35.5. The van der Waals surface area contributed by atoms with E-state index in [0.717, 1.165) is 11.3 Å². The minimum atomic E-state index is -0.634. The predicted molar refractivity (Wildman–Crippen MR) is 99.5 cm³/mol. The van der Waals surface area contributed by atoms with Gasteiger partial charge in [-0.25, -0.2) is 0 Å². The lowest BCUT2D eigenvalue weighted by atomic mass is 10.1. The average molecular weight is 358 g/mol. The van der Waals surface area contributed by atoms with E-state index >= 15 is 0 Å². The summed E-state index contributed by atoms with van der Waals surface area (Å²) in [6.45, 7) is 1.01. The first-order chi connectivity index (χ1) is 12.0. The van der Waals surface area contributed by atoms with Crippen molar-refractivity contribution in [2.75, 3.05) is 23.7 Å². The second-order valence-corrected chi connectivity index (χ2v) is 6.53. The first kappa shape index (κ1) is 17.3. The zero-order chi connectivity index (χ0) is 17.8. The number of anilines is 2. The van der Waals surface area contributed by atoms with Gasteiger partial charge in [0.25, 0.3) is 0 Å². The Morgan fingerprint density at radius 1 is 1.24 bits per heavy atom. The number of benzene rings is 2. The number of nitrogens with one attached hydrogen (secondary N) is 1. The van der Waals surface area contributed by atoms with Crippen molar-refractivity contribution in [2.45, 2.75) is 12.8 Å². The highest BCUT2D eigenvalue weighted by Gasteiger charge is 2.37. The predicted octanol–water partition coefficient (Wildman–Crippen LogP) is 2.63. The number of amides is 2. The fourth-order valence-electron chi connectivity index (χ4n) is 2.96. The molecule has 1 atom stereocenters. The van der Waals surface area contributed by atoms with Crippen LogP contribution in [-0.2, 0) is 16.0 Å². The van der Waals surface area contributed by atoms with Gasteiger partial charge in [-0.2, -0.15) is 0 Å². The van der Waals surface area contributed by atoms with Gasteiger partial charge in [-0.1, -0.05) is 29.8 Å². The van der Waals surface area contributed by atoms with Crippen LogP contribution in [0.25, 0.3) is 0 Å². The third-order valence-corrected chi connectivity index (χ3v) is 4.57. The molecule has 1 saturated heterocycles. The van der Waals surface area contributed by atoms with Crippen LogP contribution in [0, 0.1) is 5.92 Å². The van der Waals surface area contributed by atoms with Crippen LogP contribution in [0.4, 0.5) is 11.4 Å². The van der Waals surface area contributed by atoms with Gasteiger partial charge in [0, 0.05) is 29.5 Å². The fourth-order valence-corrected chi connectivity index (χ4v) is 3.15. The van der Waals surface area contributed by atoms with Crippen LogP contribution in [0.1, 0.15) is 12.0 Å². The molecular formula is C19H20ClN3O2. The molecule has 1 aliphatic rings. The Morgan fingerprint density at radius 3 is 2.72 bits per heavy atom. The van der Waals surface area contributed by atoms with Gasteiger partial charge in [0.05, 0.1) is 0 Å². The van der Waals surface area contributed by atoms with E-state index in [0.29, 0.717) is 36.6 Å². The van der Waals surface area contributed by atoms with E-state index in [9.17, 15) is 9.59 Å². The maximum absolute atomic E-state index is 12.5. The topological polar surface area (TPSA) is 75.4 Å². The minimum Gasteiger partial charge on any atom is -0.399 e. The van der Waals surface area contributed by atoms with Gasteiger partial charge in [-0.15, -0.1) is 0 Å². The molecule has 5 nitrogen and oxygen atoms in total. The molecule has 25 heavy (non-hydrogen) atoms. The summed E-state index contributed by atoms with van der Waals surface area (Å²) in [6, 6.07) is 14.6. The van der Waals surface area contributed by atoms with E-state index in [1.165, 1.54) is 0 Å². The maximum atomic E-state index is 12.5. The summed E-state index contributed by atoms with van der Waals surface area (Å²) in [7, 11) is 0. The van der Waals surface area contributed by atoms with E-state index < -0.39 is 5.92 Å². The lowest BCUT2D eigenvalue weighted by Crippen LogP contribution is -2.37. The monoisotopic (exact) mass is 357 g/mol. The average Bonchev–Trinajstić information content (AvgIpc) is 2.98. The quantitative estimate of drug-likeness (QED) is 0.638. The third-order valence-electron chi connectivity index (χ3n) is 4.33. The number of halogens is 1. The molecule has 2 aromatic rings. The molecule has 2 aromatic carbocycles. The normalized spacial score (nSPS) is 16.9. The fraction of sp³-hybridized carbons (Fsp3) is 0.263. The molecule has 1 heterocycles. The molecular weight excluding hydrogens is 338 g/mol. The number of nitrogen functional groups attached to an aromatic ring is 1. The molecule has 6 heteroatoms. The van der Waals surface area contributed by atoms with Gasteiger partial charge in [0.2, 0.25) is 11.8 Å². The van der Waals surface area contributed by atoms with Crippen molar-refractivity contribution in [1.82, 2.24) is 5.32 Å². The first-order valence-electron chi connectivity index (χ1n) is 8.23. The largest absolute Gasteiger partial charge is 0.399 e. The van der Waals surface area contributed by atoms with Crippen LogP contribution in [0.5, 0.6) is 0 Å². The Balaban J connectivity index is 1.54. The summed E-state index contributed by atoms with van der Waals surface area (Å²) < 4.78 is 0. The van der Waals surface area contributed by atoms with Gasteiger partial charge in [0.1, 0.15) is 5.92 Å². The highest BCUT2D eigenvalue weighted by Crippen LogP contribution is 2.27. The van der Waals surface area contributed by atoms with Crippen LogP contribution in [0.15, 0.2) is 48.5 Å². The molecule has 0 saturated carbocycles. The number of carbonyl (C=O) groups is 2. The summed E-state index contributed by atoms with van der Waals surface area (Å²) in [6.07, 6.45) is 1.21. The SMILES string of the molecule is Nc1ccc(CCNC(=O)C2CCN(c3cccc(Cl)c3)C2=O)cc1. The van der Waals surface area contributed by atoms with Crippen molar-refractivity contribution in [3.8, 4) is 0 Å². The van der Waals surface area contributed by atoms with Crippen molar-refractivity contribution >= 4 is 34.8 Å². The van der Waals surface area contributed by atoms with Gasteiger partial charge < -0.3 is 16.0 Å². The van der Waals surface area contributed by atoms with Crippen LogP contribution in [0.2, 0.25) is 5.02 Å². The molecule has 0 radical (unpaired) electrons. The molecule has 130 valence electrons. The Morgan fingerprint density at radius 2 is 2.00 bits per heavy atom. The summed E-state index contributed by atoms with van der Waals surface area (Å²) in [4.78, 5) is 26.5. The van der Waals surface area contributed by atoms with E-state index in [1.807, 2.05) is 30.3 Å². The molecule has 1 aliphatic heterocycles. The Labute approximate surface area is 151 Å². The number of hydrogen-bond donors (Lipinski definition) is 2. The lowest BCUT2D eigenvalue weighted by molar-refractivity contribution is -0.132. The molecule has 2 amide bonds. The molecule has 0 aromatic heterocycles. The minimum absolute atomic E-state index is 0.174. The Bertz CT molecular complexity index is 776. The maximum Gasteiger partial charge on any atom is 0.239 e. The summed E-state index contributed by atoms with van der Waals surface area (Å²) in [5, 5.41) is 3.43. The smallest absolute Gasteiger partial charge is 0.239 e. The van der Waals surface area contributed by atoms with Crippen LogP contribution in [0.3, 0.4) is 0 Å². The molecule has 3 rings (SSSR count). The lowest BCUT2D eigenvalue weighted by Gasteiger charge is -2.17. The van der Waals surface area contributed by atoms with Crippen molar-refractivity contribution in [3.63, 3.8) is 0 Å². The van der Waals surface area contributed by atoms with E-state index in [4.69, 9.17) is 17.3 Å². The molecule has 1 unspecified atom stereocenters. The van der Waals surface area contributed by atoms with Gasteiger partial charge >= 0.3 is 0 Å². The standard InChI is InChI=1S/C19H20ClN3O2/c20-14-2-1-3-16(12-14)23-11-9-17(19(23)25)18(24)22-10-8-13-4-6-15(21)7-5-13/h1-7,12,17H,8-11,21H2,(H,22,24). The third kappa shape index (κ3) is 4.12. The molecule has 0 spiro atoms. The van der Waals surface area contributed by atoms with Gasteiger partial charge in [0.15, 0.2) is 0 Å². The second kappa shape index (κ2) is 7.57. The van der Waals surface area contributed by atoms with Gasteiger partial charge in [-0.3, -0.25) is 9.59 Å². The molecule has 0 aliphatic carbocycles. The van der Waals surface area contributed by atoms with Crippen molar-refractivity contribution in [3.05, 3.63) is 59.1 Å². The number of rotatable bonds is 5. The van der Waals surface area contributed by atoms with Crippen LogP contribution < -0.4 is 16.0 Å². The molecule has 1 fully saturated rings. The van der Waals surface area contributed by atoms with E-state index in [-0.39, 0.29) is 11.8 Å². The Kier molecular flexibility index (Phi) is 5.24. The second-order valence-electron chi connectivity index (χ2n) is 6.09. The van der Waals surface area contributed by atoms with Crippen molar-refractivity contribution in [1.29, 1.82) is 0 Å². The summed E-state index contributed by atoms with van der Waals surface area (Å²) in [5.41, 5.74) is 8.19. The molecule has 0 bridgehead atoms. The summed E-state index contributed by atoms with van der Waals surface area (Å²) >= 11 is 5.98. The van der Waals surface area contributed by atoms with E-state index in [1.54, 1.807) is 23.1 Å². The van der Waals surface area contributed by atoms with Crippen molar-refractivity contribution < 1.29 is 9.59 Å². The molecule has 3 N–H and O–H groups in total. The number of nitrogens with two attached hydrogens (primary N) is 1. The van der Waals surface area contributed by atoms with Crippen LogP contribution >= 0.6 is 11.6 Å². The number of nitrogens with zero attached hydrogens (tertiary/aromatic N) is 1. The number of hydrogen-bond acceptors (Lipinski definition) is 3. The summed E-state index contributed by atoms with van der Waals surface area (Å²) in [5.74, 6) is -1.03. The zero-order valence-electron chi connectivity index (χ0n) is 13.7. The highest BCUT2D eigenvalue weighted by molar-refractivity contribution is 6.31. The number of carbonyl (C=O) groups excluding carboxylic acids is 2. The van der Waals surface area contributed by atoms with Gasteiger partial charge in [-0.05, 0) is 48.7 Å². The van der Waals surface area contributed by atoms with E-state index in [2.05, 4.69) is 5.32 Å². The van der Waals surface area contributed by atoms with Crippen LogP contribution in [-0.4, -0.2) is 24.9 Å².